The molecule has 0 aromatic rings. The molecule has 2 bridgehead atoms. The monoisotopic (exact) mass is 270 g/mol. The van der Waals surface area contributed by atoms with Crippen LogP contribution < -0.4 is 5.73 Å². The topological polar surface area (TPSA) is 29.3 Å². The van der Waals surface area contributed by atoms with E-state index < -0.39 is 0 Å². The molecular formula is C15H30N2S. The Morgan fingerprint density at radius 2 is 2.17 bits per heavy atom. The molecule has 2 aliphatic rings. The van der Waals surface area contributed by atoms with Crippen LogP contribution in [0.3, 0.4) is 0 Å². The zero-order chi connectivity index (χ0) is 13.0. The van der Waals surface area contributed by atoms with E-state index in [0.717, 1.165) is 24.3 Å². The lowest BCUT2D eigenvalue weighted by Crippen LogP contribution is -2.41. The third-order valence-corrected chi connectivity index (χ3v) is 5.89. The van der Waals surface area contributed by atoms with Crippen molar-refractivity contribution < 1.29 is 0 Å². The van der Waals surface area contributed by atoms with Crippen LogP contribution in [-0.2, 0) is 0 Å². The molecule has 3 heteroatoms. The number of nitrogens with zero attached hydrogens (tertiary/aromatic N) is 1. The van der Waals surface area contributed by atoms with Gasteiger partial charge in [-0.25, -0.2) is 0 Å². The van der Waals surface area contributed by atoms with Gasteiger partial charge in [-0.2, -0.15) is 11.8 Å². The Morgan fingerprint density at radius 1 is 1.33 bits per heavy atom. The first-order chi connectivity index (χ1) is 8.74. The van der Waals surface area contributed by atoms with Crippen LogP contribution in [0.5, 0.6) is 0 Å². The molecule has 4 unspecified atom stereocenters. The van der Waals surface area contributed by atoms with Crippen molar-refractivity contribution in [2.45, 2.75) is 44.6 Å². The van der Waals surface area contributed by atoms with Crippen molar-refractivity contribution in [2.75, 3.05) is 32.1 Å². The van der Waals surface area contributed by atoms with E-state index >= 15 is 0 Å². The van der Waals surface area contributed by atoms with Gasteiger partial charge in [-0.05, 0) is 68.9 Å². The highest BCUT2D eigenvalue weighted by atomic mass is 32.2. The second kappa shape index (κ2) is 7.16. The van der Waals surface area contributed by atoms with Crippen molar-refractivity contribution in [1.82, 2.24) is 4.90 Å². The molecule has 0 saturated heterocycles. The minimum absolute atomic E-state index is 0.608. The largest absolute Gasteiger partial charge is 0.329 e. The molecule has 4 atom stereocenters. The molecule has 0 heterocycles. The van der Waals surface area contributed by atoms with Gasteiger partial charge < -0.3 is 10.6 Å². The molecule has 0 aliphatic heterocycles. The highest BCUT2D eigenvalue weighted by molar-refractivity contribution is 7.98. The third-order valence-electron chi connectivity index (χ3n) is 5.19. The number of fused-ring (bicyclic) bond motifs is 2. The molecule has 0 radical (unpaired) electrons. The summed E-state index contributed by atoms with van der Waals surface area (Å²) in [6, 6.07) is 0.608. The summed E-state index contributed by atoms with van der Waals surface area (Å²) in [6.45, 7) is 2.12. The van der Waals surface area contributed by atoms with Crippen LogP contribution in [0.25, 0.3) is 0 Å². The van der Waals surface area contributed by atoms with Crippen molar-refractivity contribution in [3.63, 3.8) is 0 Å². The summed E-state index contributed by atoms with van der Waals surface area (Å²) in [5.74, 6) is 4.37. The first-order valence-electron chi connectivity index (χ1n) is 7.63. The van der Waals surface area contributed by atoms with Crippen LogP contribution in [0.15, 0.2) is 0 Å². The zero-order valence-electron chi connectivity index (χ0n) is 12.1. The minimum atomic E-state index is 0.608. The Bertz CT molecular complexity index is 247. The highest BCUT2D eigenvalue weighted by Crippen LogP contribution is 2.48. The first kappa shape index (κ1) is 14.7. The molecule has 2 saturated carbocycles. The van der Waals surface area contributed by atoms with Crippen LogP contribution >= 0.6 is 11.8 Å². The fourth-order valence-electron chi connectivity index (χ4n) is 4.10. The van der Waals surface area contributed by atoms with Gasteiger partial charge in [0.15, 0.2) is 0 Å². The number of thioether (sulfide) groups is 1. The highest BCUT2D eigenvalue weighted by Gasteiger charge is 2.39. The second-order valence-corrected chi connectivity index (χ2v) is 7.38. The normalized spacial score (nSPS) is 32.3. The molecule has 0 spiro atoms. The lowest BCUT2D eigenvalue weighted by molar-refractivity contribution is 0.168. The summed E-state index contributed by atoms with van der Waals surface area (Å²) >= 11 is 1.95. The van der Waals surface area contributed by atoms with Crippen molar-refractivity contribution in [2.24, 2.45) is 23.5 Å². The molecule has 0 aromatic heterocycles. The van der Waals surface area contributed by atoms with Gasteiger partial charge in [-0.1, -0.05) is 6.42 Å². The maximum atomic E-state index is 5.96. The maximum Gasteiger partial charge on any atom is 0.0215 e. The van der Waals surface area contributed by atoms with E-state index in [9.17, 15) is 0 Å². The Kier molecular flexibility index (Phi) is 5.84. The van der Waals surface area contributed by atoms with E-state index in [0.29, 0.717) is 6.04 Å². The fourth-order valence-corrected chi connectivity index (χ4v) is 4.56. The van der Waals surface area contributed by atoms with Gasteiger partial charge in [0.2, 0.25) is 0 Å². The first-order valence-corrected chi connectivity index (χ1v) is 9.03. The van der Waals surface area contributed by atoms with Gasteiger partial charge in [0, 0.05) is 19.1 Å². The molecule has 106 valence electrons. The number of hydrogen-bond acceptors (Lipinski definition) is 3. The van der Waals surface area contributed by atoms with Crippen molar-refractivity contribution in [3.05, 3.63) is 0 Å². The molecule has 0 aromatic carbocycles. The molecule has 2 fully saturated rings. The summed E-state index contributed by atoms with van der Waals surface area (Å²) in [5.41, 5.74) is 5.96. The summed E-state index contributed by atoms with van der Waals surface area (Å²) in [7, 11) is 2.29. The smallest absolute Gasteiger partial charge is 0.0215 e. The summed E-state index contributed by atoms with van der Waals surface area (Å²) in [6.07, 6.45) is 10.8. The van der Waals surface area contributed by atoms with E-state index in [2.05, 4.69) is 18.2 Å². The van der Waals surface area contributed by atoms with Gasteiger partial charge in [0.25, 0.3) is 0 Å². The fraction of sp³-hybridized carbons (Fsp3) is 1.00. The lowest BCUT2D eigenvalue weighted by Gasteiger charge is -2.32. The number of rotatable bonds is 8. The standard InChI is InChI=1S/C15H30N2S/c1-17(15(10-16)4-3-7-18-2)11-14-9-12-5-6-13(14)8-12/h12-15H,3-11,16H2,1-2H3. The third kappa shape index (κ3) is 3.64. The molecule has 0 amide bonds. The molecule has 2 aliphatic carbocycles. The average molecular weight is 270 g/mol. The Labute approximate surface area is 117 Å². The van der Waals surface area contributed by atoms with Gasteiger partial charge in [-0.15, -0.1) is 0 Å². The predicted octanol–water partition coefficient (Wildman–Crippen LogP) is 2.82. The van der Waals surface area contributed by atoms with E-state index in [1.165, 1.54) is 50.8 Å². The Morgan fingerprint density at radius 3 is 2.72 bits per heavy atom. The number of nitrogens with two attached hydrogens (primary N) is 1. The van der Waals surface area contributed by atoms with Crippen LogP contribution in [-0.4, -0.2) is 43.1 Å². The summed E-state index contributed by atoms with van der Waals surface area (Å²) in [4.78, 5) is 2.56. The van der Waals surface area contributed by atoms with Crippen molar-refractivity contribution in [3.8, 4) is 0 Å². The van der Waals surface area contributed by atoms with Crippen LogP contribution in [0.1, 0.15) is 38.5 Å². The molecule has 2 rings (SSSR count). The summed E-state index contributed by atoms with van der Waals surface area (Å²) < 4.78 is 0. The van der Waals surface area contributed by atoms with Gasteiger partial charge in [0.05, 0.1) is 0 Å². The SMILES string of the molecule is CSCCCC(CN)N(C)CC1CC2CCC1C2. The van der Waals surface area contributed by atoms with Crippen LogP contribution in [0, 0.1) is 17.8 Å². The van der Waals surface area contributed by atoms with Crippen LogP contribution in [0.2, 0.25) is 0 Å². The molecular weight excluding hydrogens is 240 g/mol. The number of hydrogen-bond donors (Lipinski definition) is 1. The second-order valence-electron chi connectivity index (χ2n) is 6.40. The van der Waals surface area contributed by atoms with E-state index in [4.69, 9.17) is 5.73 Å². The van der Waals surface area contributed by atoms with Gasteiger partial charge in [-0.3, -0.25) is 0 Å². The van der Waals surface area contributed by atoms with E-state index in [-0.39, 0.29) is 0 Å². The van der Waals surface area contributed by atoms with Gasteiger partial charge >= 0.3 is 0 Å². The molecule has 18 heavy (non-hydrogen) atoms. The summed E-state index contributed by atoms with van der Waals surface area (Å²) in [5, 5.41) is 0. The zero-order valence-corrected chi connectivity index (χ0v) is 12.9. The number of likely N-dealkylation sites (N-methyl/N-ethyl adjacent to an activating group) is 1. The predicted molar refractivity (Wildman–Crippen MR) is 82.0 cm³/mol. The minimum Gasteiger partial charge on any atom is -0.329 e. The maximum absolute atomic E-state index is 5.96. The Balaban J connectivity index is 1.73. The average Bonchev–Trinajstić information content (AvgIpc) is 2.96. The van der Waals surface area contributed by atoms with E-state index in [1.807, 2.05) is 11.8 Å². The molecule has 2 N–H and O–H groups in total. The lowest BCUT2D eigenvalue weighted by atomic mass is 9.88. The van der Waals surface area contributed by atoms with Crippen molar-refractivity contribution in [1.29, 1.82) is 0 Å². The van der Waals surface area contributed by atoms with Crippen molar-refractivity contribution >= 4 is 11.8 Å². The molecule has 2 nitrogen and oxygen atoms in total. The van der Waals surface area contributed by atoms with E-state index in [1.54, 1.807) is 0 Å². The van der Waals surface area contributed by atoms with Gasteiger partial charge in [0.1, 0.15) is 0 Å². The Hall–Kier alpha value is 0.270. The van der Waals surface area contributed by atoms with Crippen LogP contribution in [0.4, 0.5) is 0 Å². The quantitative estimate of drug-likeness (QED) is 0.688.